The molecule has 0 unspecified atom stereocenters. The van der Waals surface area contributed by atoms with Crippen LogP contribution in [-0.4, -0.2) is 30.8 Å². The van der Waals surface area contributed by atoms with Crippen LogP contribution in [0.25, 0.3) is 0 Å². The fourth-order valence-electron chi connectivity index (χ4n) is 1.16. The predicted molar refractivity (Wildman–Crippen MR) is 57.1 cm³/mol. The van der Waals surface area contributed by atoms with E-state index in [0.717, 1.165) is 4.90 Å². The second-order valence-electron chi connectivity index (χ2n) is 3.18. The number of benzene rings is 1. The first kappa shape index (κ1) is 13.0. The number of rotatable bonds is 3. The minimum atomic E-state index is -2.61. The molecule has 0 aliphatic carbocycles. The standard InChI is InChI=1S/C10H9BrF3NO/c1-15(5-8(13)14)10(16)6-3-2-4-7(12)9(6)11/h2-4,8H,5H2,1H3. The highest BCUT2D eigenvalue weighted by Crippen LogP contribution is 2.21. The zero-order valence-corrected chi connectivity index (χ0v) is 9.97. The van der Waals surface area contributed by atoms with Crippen LogP contribution in [0.4, 0.5) is 13.2 Å². The van der Waals surface area contributed by atoms with Gasteiger partial charge in [0.15, 0.2) is 0 Å². The van der Waals surface area contributed by atoms with Crippen molar-refractivity contribution >= 4 is 21.8 Å². The topological polar surface area (TPSA) is 20.3 Å². The Morgan fingerprint density at radius 3 is 2.69 bits per heavy atom. The van der Waals surface area contributed by atoms with Gasteiger partial charge in [-0.2, -0.15) is 0 Å². The number of carbonyl (C=O) groups is 1. The first-order valence-electron chi connectivity index (χ1n) is 4.41. The molecule has 0 spiro atoms. The molecule has 0 saturated carbocycles. The van der Waals surface area contributed by atoms with E-state index in [0.29, 0.717) is 0 Å². The van der Waals surface area contributed by atoms with Crippen LogP contribution in [0.15, 0.2) is 22.7 Å². The van der Waals surface area contributed by atoms with Gasteiger partial charge in [0.25, 0.3) is 12.3 Å². The highest BCUT2D eigenvalue weighted by molar-refractivity contribution is 9.10. The second-order valence-corrected chi connectivity index (χ2v) is 3.97. The van der Waals surface area contributed by atoms with Crippen molar-refractivity contribution in [2.45, 2.75) is 6.43 Å². The molecule has 0 heterocycles. The second kappa shape index (κ2) is 5.34. The molecule has 0 bridgehead atoms. The molecule has 1 amide bonds. The van der Waals surface area contributed by atoms with Gasteiger partial charge in [0.2, 0.25) is 0 Å². The minimum absolute atomic E-state index is 0.0129. The Labute approximate surface area is 99.2 Å². The number of hydrogen-bond donors (Lipinski definition) is 0. The summed E-state index contributed by atoms with van der Waals surface area (Å²) in [5.74, 6) is -1.25. The number of carbonyl (C=O) groups excluding carboxylic acids is 1. The van der Waals surface area contributed by atoms with Crippen LogP contribution < -0.4 is 0 Å². The van der Waals surface area contributed by atoms with E-state index in [1.807, 2.05) is 0 Å². The van der Waals surface area contributed by atoms with Crippen molar-refractivity contribution in [3.05, 3.63) is 34.1 Å². The summed E-state index contributed by atoms with van der Waals surface area (Å²) in [6.07, 6.45) is -2.61. The lowest BCUT2D eigenvalue weighted by atomic mass is 10.2. The van der Waals surface area contributed by atoms with Gasteiger partial charge in [0.1, 0.15) is 5.82 Å². The maximum absolute atomic E-state index is 13.1. The van der Waals surface area contributed by atoms with Gasteiger partial charge >= 0.3 is 0 Å². The molecule has 0 aromatic heterocycles. The highest BCUT2D eigenvalue weighted by atomic mass is 79.9. The van der Waals surface area contributed by atoms with Gasteiger partial charge in [-0.1, -0.05) is 6.07 Å². The molecule has 0 radical (unpaired) electrons. The zero-order valence-electron chi connectivity index (χ0n) is 8.38. The van der Waals surface area contributed by atoms with E-state index < -0.39 is 24.7 Å². The summed E-state index contributed by atoms with van der Waals surface area (Å²) < 4.78 is 37.2. The summed E-state index contributed by atoms with van der Waals surface area (Å²) in [5.41, 5.74) is 0.0307. The summed E-state index contributed by atoms with van der Waals surface area (Å²) in [4.78, 5) is 12.5. The largest absolute Gasteiger partial charge is 0.336 e. The number of nitrogens with zero attached hydrogens (tertiary/aromatic N) is 1. The molecule has 0 aliphatic heterocycles. The summed E-state index contributed by atoms with van der Waals surface area (Å²) >= 11 is 2.91. The molecule has 0 aliphatic rings. The lowest BCUT2D eigenvalue weighted by molar-refractivity contribution is 0.0619. The number of halogens is 4. The smallest absolute Gasteiger partial charge is 0.255 e. The third kappa shape index (κ3) is 2.98. The molecule has 6 heteroatoms. The van der Waals surface area contributed by atoms with Gasteiger partial charge < -0.3 is 4.90 Å². The van der Waals surface area contributed by atoms with Crippen molar-refractivity contribution in [2.75, 3.05) is 13.6 Å². The molecule has 0 N–H and O–H groups in total. The fourth-order valence-corrected chi connectivity index (χ4v) is 1.60. The number of hydrogen-bond acceptors (Lipinski definition) is 1. The summed E-state index contributed by atoms with van der Waals surface area (Å²) in [7, 11) is 1.24. The van der Waals surface area contributed by atoms with Crippen LogP contribution in [-0.2, 0) is 0 Å². The Morgan fingerprint density at radius 1 is 1.50 bits per heavy atom. The summed E-state index contributed by atoms with van der Waals surface area (Å²) in [6, 6.07) is 3.90. The van der Waals surface area contributed by atoms with Gasteiger partial charge in [-0.05, 0) is 28.1 Å². The van der Waals surface area contributed by atoms with Gasteiger partial charge in [0, 0.05) is 7.05 Å². The quantitative estimate of drug-likeness (QED) is 0.840. The van der Waals surface area contributed by atoms with Crippen molar-refractivity contribution < 1.29 is 18.0 Å². The Kier molecular flexibility index (Phi) is 4.35. The Balaban J connectivity index is 2.92. The average molecular weight is 296 g/mol. The number of alkyl halides is 2. The lowest BCUT2D eigenvalue weighted by Gasteiger charge is -2.17. The fraction of sp³-hybridized carbons (Fsp3) is 0.300. The van der Waals surface area contributed by atoms with Crippen LogP contribution in [0.3, 0.4) is 0 Å². The zero-order chi connectivity index (χ0) is 12.3. The van der Waals surface area contributed by atoms with Crippen molar-refractivity contribution in [3.8, 4) is 0 Å². The Morgan fingerprint density at radius 2 is 2.12 bits per heavy atom. The van der Waals surface area contributed by atoms with Crippen LogP contribution >= 0.6 is 15.9 Å². The summed E-state index contributed by atoms with van der Waals surface area (Å²) in [6.45, 7) is -0.679. The van der Waals surface area contributed by atoms with E-state index in [-0.39, 0.29) is 10.0 Å². The van der Waals surface area contributed by atoms with E-state index >= 15 is 0 Å². The predicted octanol–water partition coefficient (Wildman–Crippen LogP) is 2.93. The van der Waals surface area contributed by atoms with Crippen molar-refractivity contribution in [3.63, 3.8) is 0 Å². The molecular weight excluding hydrogens is 287 g/mol. The van der Waals surface area contributed by atoms with Crippen molar-refractivity contribution in [2.24, 2.45) is 0 Å². The normalized spacial score (nSPS) is 10.6. The van der Waals surface area contributed by atoms with E-state index in [1.54, 1.807) is 0 Å². The van der Waals surface area contributed by atoms with Crippen LogP contribution in [0.2, 0.25) is 0 Å². The maximum Gasteiger partial charge on any atom is 0.255 e. The molecule has 1 rings (SSSR count). The molecule has 1 aromatic rings. The molecule has 0 fully saturated rings. The Bertz CT molecular complexity index is 398. The molecule has 88 valence electrons. The first-order valence-corrected chi connectivity index (χ1v) is 5.20. The maximum atomic E-state index is 13.1. The van der Waals surface area contributed by atoms with Gasteiger partial charge in [-0.25, -0.2) is 13.2 Å². The lowest BCUT2D eigenvalue weighted by Crippen LogP contribution is -2.31. The van der Waals surface area contributed by atoms with Gasteiger partial charge in [-0.3, -0.25) is 4.79 Å². The molecule has 0 saturated heterocycles. The molecule has 2 nitrogen and oxygen atoms in total. The van der Waals surface area contributed by atoms with Crippen molar-refractivity contribution in [1.29, 1.82) is 0 Å². The van der Waals surface area contributed by atoms with Crippen molar-refractivity contribution in [1.82, 2.24) is 4.90 Å². The molecule has 0 atom stereocenters. The van der Waals surface area contributed by atoms with Crippen LogP contribution in [0, 0.1) is 5.82 Å². The summed E-state index contributed by atoms with van der Waals surface area (Å²) in [5, 5.41) is 0. The minimum Gasteiger partial charge on any atom is -0.336 e. The van der Waals surface area contributed by atoms with E-state index in [9.17, 15) is 18.0 Å². The monoisotopic (exact) mass is 295 g/mol. The Hall–Kier alpha value is -1.04. The van der Waals surface area contributed by atoms with Gasteiger partial charge in [0.05, 0.1) is 16.6 Å². The number of amides is 1. The molecule has 1 aromatic carbocycles. The first-order chi connectivity index (χ1) is 7.43. The van der Waals surface area contributed by atoms with E-state index in [2.05, 4.69) is 15.9 Å². The average Bonchev–Trinajstić information content (AvgIpc) is 2.20. The van der Waals surface area contributed by atoms with E-state index in [4.69, 9.17) is 0 Å². The van der Waals surface area contributed by atoms with Gasteiger partial charge in [-0.15, -0.1) is 0 Å². The third-order valence-corrected chi connectivity index (χ3v) is 2.75. The molecular formula is C10H9BrF3NO. The van der Waals surface area contributed by atoms with Crippen LogP contribution in [0.1, 0.15) is 10.4 Å². The molecule has 16 heavy (non-hydrogen) atoms. The SMILES string of the molecule is CN(CC(F)F)C(=O)c1cccc(F)c1Br. The third-order valence-electron chi connectivity index (χ3n) is 1.94. The van der Waals surface area contributed by atoms with Crippen LogP contribution in [0.5, 0.6) is 0 Å². The highest BCUT2D eigenvalue weighted by Gasteiger charge is 2.19. The van der Waals surface area contributed by atoms with E-state index in [1.165, 1.54) is 25.2 Å².